The van der Waals surface area contributed by atoms with Crippen molar-refractivity contribution in [1.82, 2.24) is 19.5 Å². The van der Waals surface area contributed by atoms with Crippen LogP contribution in [0.5, 0.6) is 0 Å². The summed E-state index contributed by atoms with van der Waals surface area (Å²) in [6.07, 6.45) is 8.62. The lowest BCUT2D eigenvalue weighted by atomic mass is 9.97. The molecule has 1 fully saturated rings. The number of hydrogen-bond acceptors (Lipinski definition) is 9. The van der Waals surface area contributed by atoms with Gasteiger partial charge in [0.1, 0.15) is 11.9 Å². The van der Waals surface area contributed by atoms with Crippen LogP contribution in [0.2, 0.25) is 5.02 Å². The summed E-state index contributed by atoms with van der Waals surface area (Å²) in [6, 6.07) is 18.0. The normalized spacial score (nSPS) is 13.5. The van der Waals surface area contributed by atoms with Crippen molar-refractivity contribution in [1.29, 1.82) is 5.26 Å². The van der Waals surface area contributed by atoms with Crippen molar-refractivity contribution in [3.63, 3.8) is 0 Å². The molecule has 1 saturated heterocycles. The molecule has 4 heterocycles. The Balaban J connectivity index is 1.20. The summed E-state index contributed by atoms with van der Waals surface area (Å²) in [5.41, 5.74) is 4.56. The highest BCUT2D eigenvalue weighted by atomic mass is 35.5. The second kappa shape index (κ2) is 13.0. The lowest BCUT2D eigenvalue weighted by Crippen LogP contribution is -2.37. The molecule has 1 N–H and O–H groups in total. The first-order valence-electron chi connectivity index (χ1n) is 14.4. The third kappa shape index (κ3) is 6.20. The van der Waals surface area contributed by atoms with Crippen LogP contribution in [0.4, 0.5) is 17.2 Å². The van der Waals surface area contributed by atoms with Crippen LogP contribution in [0.15, 0.2) is 83.4 Å². The van der Waals surface area contributed by atoms with E-state index in [2.05, 4.69) is 32.3 Å². The number of carbonyl (C=O) groups excluding carboxylic acids is 1. The molecule has 0 unspecified atom stereocenters. The predicted molar refractivity (Wildman–Crippen MR) is 173 cm³/mol. The Kier molecular flexibility index (Phi) is 8.68. The Morgan fingerprint density at radius 3 is 2.59 bits per heavy atom. The molecule has 5 aromatic rings. The molecule has 0 amide bonds. The number of carbonyl (C=O) groups is 1. The van der Waals surface area contributed by atoms with E-state index < -0.39 is 0 Å². The van der Waals surface area contributed by atoms with Gasteiger partial charge in [0.25, 0.3) is 0 Å². The fourth-order valence-corrected chi connectivity index (χ4v) is 6.40. The summed E-state index contributed by atoms with van der Waals surface area (Å²) in [5.74, 6) is 0.755. The summed E-state index contributed by atoms with van der Waals surface area (Å²) in [4.78, 5) is 28.8. The van der Waals surface area contributed by atoms with Gasteiger partial charge in [-0.1, -0.05) is 35.5 Å². The molecule has 0 saturated carbocycles. The fourth-order valence-electron chi connectivity index (χ4n) is 5.30. The molecule has 44 heavy (non-hydrogen) atoms. The molecule has 11 heteroatoms. The van der Waals surface area contributed by atoms with E-state index in [1.807, 2.05) is 73.4 Å². The Labute approximate surface area is 264 Å². The minimum absolute atomic E-state index is 0.0380. The minimum Gasteiger partial charge on any atom is -0.466 e. The maximum Gasteiger partial charge on any atom is 0.309 e. The predicted octanol–water partition coefficient (Wildman–Crippen LogP) is 7.23. The molecule has 1 aliphatic rings. The minimum atomic E-state index is -0.0991. The summed E-state index contributed by atoms with van der Waals surface area (Å²) < 4.78 is 7.13. The average Bonchev–Trinajstić information content (AvgIpc) is 3.46. The number of nitriles is 1. The van der Waals surface area contributed by atoms with Crippen LogP contribution in [0.25, 0.3) is 22.0 Å². The van der Waals surface area contributed by atoms with E-state index in [-0.39, 0.29) is 11.9 Å². The molecule has 6 rings (SSSR count). The maximum atomic E-state index is 12.1. The van der Waals surface area contributed by atoms with E-state index in [1.54, 1.807) is 12.4 Å². The van der Waals surface area contributed by atoms with Crippen molar-refractivity contribution < 1.29 is 9.53 Å². The van der Waals surface area contributed by atoms with E-state index in [0.717, 1.165) is 69.5 Å². The van der Waals surface area contributed by atoms with Gasteiger partial charge in [0.05, 0.1) is 34.3 Å². The smallest absolute Gasteiger partial charge is 0.309 e. The largest absolute Gasteiger partial charge is 0.466 e. The molecule has 0 bridgehead atoms. The van der Waals surface area contributed by atoms with Gasteiger partial charge in [0.2, 0.25) is 0 Å². The number of benzene rings is 2. The number of esters is 1. The zero-order valence-corrected chi connectivity index (χ0v) is 25.9. The summed E-state index contributed by atoms with van der Waals surface area (Å²) in [7, 11) is 1.94. The van der Waals surface area contributed by atoms with Gasteiger partial charge in [-0.05, 0) is 61.7 Å². The molecular formula is C33H30ClN7O2S. The number of imidazole rings is 1. The second-order valence-electron chi connectivity index (χ2n) is 10.5. The van der Waals surface area contributed by atoms with Crippen LogP contribution in [0.1, 0.15) is 25.3 Å². The van der Waals surface area contributed by atoms with Gasteiger partial charge in [-0.3, -0.25) is 9.78 Å². The highest BCUT2D eigenvalue weighted by Crippen LogP contribution is 2.37. The number of aromatic nitrogens is 4. The first kappa shape index (κ1) is 29.5. The highest BCUT2D eigenvalue weighted by Gasteiger charge is 2.26. The molecule has 0 atom stereocenters. The van der Waals surface area contributed by atoms with Crippen molar-refractivity contribution in [3.8, 4) is 17.2 Å². The highest BCUT2D eigenvalue weighted by molar-refractivity contribution is 7.99. The number of nitrogens with one attached hydrogen (secondary N) is 1. The van der Waals surface area contributed by atoms with E-state index in [9.17, 15) is 10.1 Å². The molecule has 0 spiro atoms. The van der Waals surface area contributed by atoms with Gasteiger partial charge in [-0.25, -0.2) is 9.97 Å². The summed E-state index contributed by atoms with van der Waals surface area (Å²) in [5, 5.41) is 15.5. The van der Waals surface area contributed by atoms with Crippen molar-refractivity contribution in [3.05, 3.63) is 83.9 Å². The SMILES string of the molecule is CCOC(=O)C1CCN(c2ccc(-c3ccc4c(Nc5ccc(Sc6nccn6C)c(Cl)c5)c(C#N)cnc4c3)cn2)CC1. The lowest BCUT2D eigenvalue weighted by molar-refractivity contribution is -0.148. The summed E-state index contributed by atoms with van der Waals surface area (Å²) in [6.45, 7) is 3.79. The number of halogens is 1. The lowest BCUT2D eigenvalue weighted by Gasteiger charge is -2.31. The monoisotopic (exact) mass is 623 g/mol. The number of nitrogens with zero attached hydrogens (tertiary/aromatic N) is 6. The number of ether oxygens (including phenoxy) is 1. The van der Waals surface area contributed by atoms with Gasteiger partial charge >= 0.3 is 5.97 Å². The topological polar surface area (TPSA) is 109 Å². The van der Waals surface area contributed by atoms with Crippen LogP contribution >= 0.6 is 23.4 Å². The second-order valence-corrected chi connectivity index (χ2v) is 11.9. The van der Waals surface area contributed by atoms with Crippen molar-refractivity contribution >= 4 is 57.4 Å². The number of fused-ring (bicyclic) bond motifs is 1. The molecule has 2 aromatic carbocycles. The van der Waals surface area contributed by atoms with Crippen molar-refractivity contribution in [2.24, 2.45) is 13.0 Å². The van der Waals surface area contributed by atoms with Crippen molar-refractivity contribution in [2.75, 3.05) is 29.9 Å². The van der Waals surface area contributed by atoms with E-state index in [4.69, 9.17) is 21.3 Å². The number of anilines is 3. The van der Waals surface area contributed by atoms with Gasteiger partial charge in [-0.2, -0.15) is 5.26 Å². The number of piperidine rings is 1. The molecule has 9 nitrogen and oxygen atoms in total. The van der Waals surface area contributed by atoms with E-state index >= 15 is 0 Å². The number of aryl methyl sites for hydroxylation is 1. The Hall–Kier alpha value is -4.59. The van der Waals surface area contributed by atoms with Crippen LogP contribution in [0, 0.1) is 17.2 Å². The van der Waals surface area contributed by atoms with Gasteiger partial charge in [-0.15, -0.1) is 0 Å². The standard InChI is InChI=1S/C33H30ClN7O2S/c1-3-43-32(42)21-10-13-41(14-11-21)30-9-5-23(19-38-30)22-4-7-26-28(16-22)37-20-24(18-35)31(26)39-25-6-8-29(27(34)17-25)44-33-36-12-15-40(33)2/h4-9,12,15-17,19-21H,3,10-11,13-14H2,1-2H3,(H,37,39). The Morgan fingerprint density at radius 2 is 1.91 bits per heavy atom. The zero-order valence-electron chi connectivity index (χ0n) is 24.3. The molecular weight excluding hydrogens is 594 g/mol. The maximum absolute atomic E-state index is 12.1. The molecule has 3 aromatic heterocycles. The zero-order chi connectivity index (χ0) is 30.6. The number of hydrogen-bond donors (Lipinski definition) is 1. The quantitative estimate of drug-likeness (QED) is 0.179. The van der Waals surface area contributed by atoms with Gasteiger partial charge in [0, 0.05) is 66.5 Å². The molecule has 1 aliphatic heterocycles. The van der Waals surface area contributed by atoms with Crippen LogP contribution in [0.3, 0.4) is 0 Å². The Morgan fingerprint density at radius 1 is 1.09 bits per heavy atom. The molecule has 222 valence electrons. The number of pyridine rings is 2. The molecule has 0 radical (unpaired) electrons. The summed E-state index contributed by atoms with van der Waals surface area (Å²) >= 11 is 8.12. The number of rotatable bonds is 8. The first-order chi connectivity index (χ1) is 21.4. The third-order valence-electron chi connectivity index (χ3n) is 7.69. The first-order valence-corrected chi connectivity index (χ1v) is 15.6. The van der Waals surface area contributed by atoms with E-state index in [1.165, 1.54) is 11.8 Å². The molecule has 0 aliphatic carbocycles. The van der Waals surface area contributed by atoms with Gasteiger partial charge < -0.3 is 19.5 Å². The van der Waals surface area contributed by atoms with Crippen LogP contribution in [-0.4, -0.2) is 45.2 Å². The van der Waals surface area contributed by atoms with E-state index in [0.29, 0.717) is 22.9 Å². The Bertz CT molecular complexity index is 1860. The van der Waals surface area contributed by atoms with Gasteiger partial charge in [0.15, 0.2) is 5.16 Å². The van der Waals surface area contributed by atoms with Crippen LogP contribution < -0.4 is 10.2 Å². The van der Waals surface area contributed by atoms with Crippen LogP contribution in [-0.2, 0) is 16.6 Å². The average molecular weight is 624 g/mol. The third-order valence-corrected chi connectivity index (χ3v) is 9.27. The fraction of sp³-hybridized carbons (Fsp3) is 0.242. The van der Waals surface area contributed by atoms with Crippen molar-refractivity contribution in [2.45, 2.75) is 29.8 Å².